The van der Waals surface area contributed by atoms with E-state index < -0.39 is 0 Å². The highest BCUT2D eigenvalue weighted by Gasteiger charge is 2.26. The average Bonchev–Trinajstić information content (AvgIpc) is 3.31. The second-order valence-corrected chi connectivity index (χ2v) is 7.96. The van der Waals surface area contributed by atoms with Crippen LogP contribution in [-0.4, -0.2) is 61.4 Å². The minimum Gasteiger partial charge on any atom is -0.381 e. The van der Waals surface area contributed by atoms with Crippen LogP contribution < -0.4 is 16.3 Å². The lowest BCUT2D eigenvalue weighted by atomic mass is 10.1. The fourth-order valence-electron chi connectivity index (χ4n) is 4.21. The Balaban J connectivity index is 1.57. The Kier molecular flexibility index (Phi) is 4.25. The molecule has 11 heteroatoms. The fourth-order valence-corrected chi connectivity index (χ4v) is 4.21. The number of aromatic amines is 1. The second kappa shape index (κ2) is 7.13. The molecule has 160 valence electrons. The maximum absolute atomic E-state index is 13.9. The predicted octanol–water partition coefficient (Wildman–Crippen LogP) is 1.33. The summed E-state index contributed by atoms with van der Waals surface area (Å²) in [7, 11) is 0. The van der Waals surface area contributed by atoms with Crippen LogP contribution in [0, 0.1) is 5.82 Å². The van der Waals surface area contributed by atoms with Crippen LogP contribution in [-0.2, 0) is 4.74 Å². The Morgan fingerprint density at radius 2 is 2.03 bits per heavy atom. The molecule has 5 heterocycles. The third-order valence-corrected chi connectivity index (χ3v) is 5.96. The molecule has 0 aliphatic carbocycles. The first-order valence-corrected chi connectivity index (χ1v) is 10.4. The Bertz CT molecular complexity index is 1330. The van der Waals surface area contributed by atoms with Gasteiger partial charge in [0.1, 0.15) is 17.7 Å². The summed E-state index contributed by atoms with van der Waals surface area (Å²) in [5, 5.41) is 6.61. The lowest BCUT2D eigenvalue weighted by Crippen LogP contribution is -2.51. The molecule has 2 aliphatic rings. The molecule has 31 heavy (non-hydrogen) atoms. The van der Waals surface area contributed by atoms with E-state index in [1.54, 1.807) is 21.5 Å². The molecule has 2 fully saturated rings. The van der Waals surface area contributed by atoms with Crippen molar-refractivity contribution in [2.24, 2.45) is 0 Å². The molecule has 0 unspecified atom stereocenters. The average molecular weight is 424 g/mol. The van der Waals surface area contributed by atoms with Crippen LogP contribution in [0.2, 0.25) is 0 Å². The number of benzene rings is 1. The summed E-state index contributed by atoms with van der Waals surface area (Å²) < 4.78 is 22.7. The summed E-state index contributed by atoms with van der Waals surface area (Å²) in [6, 6.07) is 4.59. The van der Waals surface area contributed by atoms with Gasteiger partial charge in [0.15, 0.2) is 11.5 Å². The number of nitrogens with one attached hydrogen (secondary N) is 3. The Morgan fingerprint density at radius 1 is 1.19 bits per heavy atom. The number of ether oxygens (including phenoxy) is 1. The standard InChI is InChI=1S/C20H21FN8O2/c21-11-1-2-14-15(7-11)28(10-23-14)19-26-17(24-12-8-22-9-12)16-18(27-19)29(20(30)25-16)13-3-5-31-6-4-13/h1-2,7,10,12-13,22H,3-6,8-9H2,(H,25,30)(H,24,26,27). The second-order valence-electron chi connectivity index (χ2n) is 7.96. The van der Waals surface area contributed by atoms with E-state index in [9.17, 15) is 9.18 Å². The lowest BCUT2D eigenvalue weighted by molar-refractivity contribution is 0.0697. The van der Waals surface area contributed by atoms with E-state index in [0.717, 1.165) is 25.9 Å². The lowest BCUT2D eigenvalue weighted by Gasteiger charge is -2.28. The number of anilines is 1. The molecular formula is C20H21FN8O2. The van der Waals surface area contributed by atoms with Gasteiger partial charge < -0.3 is 20.4 Å². The normalized spacial score (nSPS) is 18.0. The van der Waals surface area contributed by atoms with E-state index in [1.165, 1.54) is 12.1 Å². The molecule has 3 aromatic heterocycles. The monoisotopic (exact) mass is 424 g/mol. The summed E-state index contributed by atoms with van der Waals surface area (Å²) in [5.74, 6) is 0.512. The molecule has 3 N–H and O–H groups in total. The van der Waals surface area contributed by atoms with Crippen molar-refractivity contribution in [3.05, 3.63) is 40.8 Å². The summed E-state index contributed by atoms with van der Waals surface area (Å²) in [6.07, 6.45) is 3.05. The number of hydrogen-bond donors (Lipinski definition) is 3. The van der Waals surface area contributed by atoms with Crippen LogP contribution in [0.4, 0.5) is 10.2 Å². The maximum Gasteiger partial charge on any atom is 0.328 e. The van der Waals surface area contributed by atoms with Gasteiger partial charge in [0, 0.05) is 38.4 Å². The van der Waals surface area contributed by atoms with Crippen molar-refractivity contribution >= 4 is 28.0 Å². The first-order chi connectivity index (χ1) is 15.2. The van der Waals surface area contributed by atoms with Crippen LogP contribution in [0.5, 0.6) is 0 Å². The first kappa shape index (κ1) is 18.5. The highest BCUT2D eigenvalue weighted by Crippen LogP contribution is 2.27. The van der Waals surface area contributed by atoms with Crippen molar-refractivity contribution in [3.8, 4) is 5.95 Å². The SMILES string of the molecule is O=c1[nH]c2c(NC3CNC3)nc(-n3cnc4ccc(F)cc43)nc2n1C1CCOCC1. The molecule has 2 aliphatic heterocycles. The predicted molar refractivity (Wildman–Crippen MR) is 112 cm³/mol. The Labute approximate surface area is 175 Å². The molecule has 0 amide bonds. The number of rotatable bonds is 4. The van der Waals surface area contributed by atoms with E-state index in [1.807, 2.05) is 0 Å². The number of halogens is 1. The van der Waals surface area contributed by atoms with E-state index in [2.05, 4.69) is 25.6 Å². The Morgan fingerprint density at radius 3 is 2.81 bits per heavy atom. The molecule has 0 saturated carbocycles. The summed E-state index contributed by atoms with van der Waals surface area (Å²) in [4.78, 5) is 29.6. The van der Waals surface area contributed by atoms with Gasteiger partial charge in [0.25, 0.3) is 0 Å². The van der Waals surface area contributed by atoms with Crippen molar-refractivity contribution in [2.75, 3.05) is 31.6 Å². The molecule has 10 nitrogen and oxygen atoms in total. The summed E-state index contributed by atoms with van der Waals surface area (Å²) in [5.41, 5.74) is 2.08. The highest BCUT2D eigenvalue weighted by molar-refractivity contribution is 5.85. The number of imidazole rings is 2. The molecule has 1 aromatic carbocycles. The minimum absolute atomic E-state index is 0.00653. The molecule has 4 aromatic rings. The molecule has 2 saturated heterocycles. The van der Waals surface area contributed by atoms with Gasteiger partial charge >= 0.3 is 5.69 Å². The highest BCUT2D eigenvalue weighted by atomic mass is 19.1. The smallest absolute Gasteiger partial charge is 0.328 e. The third-order valence-electron chi connectivity index (χ3n) is 5.96. The number of aromatic nitrogens is 6. The zero-order chi connectivity index (χ0) is 20.9. The van der Waals surface area contributed by atoms with Crippen LogP contribution >= 0.6 is 0 Å². The van der Waals surface area contributed by atoms with Crippen molar-refractivity contribution < 1.29 is 9.13 Å². The number of H-pyrrole nitrogens is 1. The number of fused-ring (bicyclic) bond motifs is 2. The van der Waals surface area contributed by atoms with Gasteiger partial charge in [-0.15, -0.1) is 0 Å². The largest absolute Gasteiger partial charge is 0.381 e. The maximum atomic E-state index is 13.9. The molecule has 6 rings (SSSR count). The Hall–Kier alpha value is -3.31. The quantitative estimate of drug-likeness (QED) is 0.453. The van der Waals surface area contributed by atoms with E-state index in [4.69, 9.17) is 9.72 Å². The van der Waals surface area contributed by atoms with Gasteiger partial charge in [-0.05, 0) is 25.0 Å². The van der Waals surface area contributed by atoms with E-state index >= 15 is 0 Å². The van der Waals surface area contributed by atoms with Crippen molar-refractivity contribution in [1.29, 1.82) is 0 Å². The molecule has 0 bridgehead atoms. The van der Waals surface area contributed by atoms with Gasteiger partial charge in [0.05, 0.1) is 17.1 Å². The molecule has 0 spiro atoms. The molecule has 0 radical (unpaired) electrons. The third kappa shape index (κ3) is 3.08. The van der Waals surface area contributed by atoms with Gasteiger partial charge in [-0.2, -0.15) is 9.97 Å². The van der Waals surface area contributed by atoms with Gasteiger partial charge in [0.2, 0.25) is 5.95 Å². The minimum atomic E-state index is -0.366. The fraction of sp³-hybridized carbons (Fsp3) is 0.400. The van der Waals surface area contributed by atoms with Gasteiger partial charge in [-0.1, -0.05) is 0 Å². The van der Waals surface area contributed by atoms with Crippen LogP contribution in [0.3, 0.4) is 0 Å². The van der Waals surface area contributed by atoms with E-state index in [0.29, 0.717) is 47.2 Å². The van der Waals surface area contributed by atoms with Crippen LogP contribution in [0.1, 0.15) is 18.9 Å². The van der Waals surface area contributed by atoms with E-state index in [-0.39, 0.29) is 23.6 Å². The zero-order valence-corrected chi connectivity index (χ0v) is 16.6. The number of nitrogens with zero attached hydrogens (tertiary/aromatic N) is 5. The molecular weight excluding hydrogens is 403 g/mol. The van der Waals surface area contributed by atoms with Crippen molar-refractivity contribution in [3.63, 3.8) is 0 Å². The molecule has 0 atom stereocenters. The topological polar surface area (TPSA) is 115 Å². The summed E-state index contributed by atoms with van der Waals surface area (Å²) in [6.45, 7) is 2.83. The van der Waals surface area contributed by atoms with Crippen LogP contribution in [0.25, 0.3) is 28.1 Å². The van der Waals surface area contributed by atoms with Gasteiger partial charge in [-0.25, -0.2) is 14.2 Å². The summed E-state index contributed by atoms with van der Waals surface area (Å²) >= 11 is 0. The van der Waals surface area contributed by atoms with Gasteiger partial charge in [-0.3, -0.25) is 9.13 Å². The zero-order valence-electron chi connectivity index (χ0n) is 16.6. The first-order valence-electron chi connectivity index (χ1n) is 10.4. The van der Waals surface area contributed by atoms with Crippen molar-refractivity contribution in [2.45, 2.75) is 24.9 Å². The van der Waals surface area contributed by atoms with Crippen molar-refractivity contribution in [1.82, 2.24) is 34.4 Å². The van der Waals surface area contributed by atoms with Crippen LogP contribution in [0.15, 0.2) is 29.3 Å². The number of hydrogen-bond acceptors (Lipinski definition) is 7.